The third-order valence-electron chi connectivity index (χ3n) is 5.51. The van der Waals surface area contributed by atoms with Crippen molar-refractivity contribution in [1.29, 1.82) is 0 Å². The molecule has 2 heterocycles. The highest BCUT2D eigenvalue weighted by molar-refractivity contribution is 6.32. The summed E-state index contributed by atoms with van der Waals surface area (Å²) in [5, 5.41) is 1.97. The van der Waals surface area contributed by atoms with Gasteiger partial charge >= 0.3 is 0 Å². The van der Waals surface area contributed by atoms with Gasteiger partial charge in [-0.25, -0.2) is 4.98 Å². The Hall–Kier alpha value is -0.580. The molecule has 1 aromatic carbocycles. The Balaban J connectivity index is 0.00000104. The monoisotopic (exact) mass is 387 g/mol. The van der Waals surface area contributed by atoms with Crippen LogP contribution in [-0.4, -0.2) is 29.0 Å². The highest BCUT2D eigenvalue weighted by Crippen LogP contribution is 2.38. The van der Waals surface area contributed by atoms with E-state index < -0.39 is 0 Å². The lowest BCUT2D eigenvalue weighted by Gasteiger charge is -2.19. The maximum atomic E-state index is 6.59. The number of likely N-dealkylation sites (tertiary alicyclic amines) is 1. The van der Waals surface area contributed by atoms with Crippen LogP contribution in [0.25, 0.3) is 10.9 Å². The molecule has 3 atom stereocenters. The van der Waals surface area contributed by atoms with Crippen LogP contribution >= 0.6 is 36.4 Å². The fourth-order valence-electron chi connectivity index (χ4n) is 4.26. The van der Waals surface area contributed by atoms with E-state index in [2.05, 4.69) is 24.0 Å². The van der Waals surface area contributed by atoms with Crippen molar-refractivity contribution in [3.63, 3.8) is 0 Å². The number of rotatable bonds is 2. The molecule has 132 valence electrons. The van der Waals surface area contributed by atoms with Gasteiger partial charge in [0, 0.05) is 31.1 Å². The van der Waals surface area contributed by atoms with Crippen molar-refractivity contribution in [3.05, 3.63) is 40.5 Å². The van der Waals surface area contributed by atoms with E-state index in [9.17, 15) is 0 Å². The molecule has 1 aliphatic heterocycles. The molecular weight excluding hydrogens is 365 g/mol. The summed E-state index contributed by atoms with van der Waals surface area (Å²) in [6.07, 6.45) is 2.47. The number of nitrogens with zero attached hydrogens (tertiary/aromatic N) is 2. The summed E-state index contributed by atoms with van der Waals surface area (Å²) in [6, 6.07) is 8.61. The van der Waals surface area contributed by atoms with Crippen molar-refractivity contribution in [2.45, 2.75) is 32.4 Å². The molecule has 0 spiro atoms. The summed E-state index contributed by atoms with van der Waals surface area (Å²) in [4.78, 5) is 7.29. The predicted molar refractivity (Wildman–Crippen MR) is 105 cm³/mol. The molecule has 2 aliphatic rings. The normalized spacial score (nSPS) is 26.0. The number of pyridine rings is 1. The lowest BCUT2D eigenvalue weighted by atomic mass is 9.98. The Kier molecular flexibility index (Phi) is 6.38. The van der Waals surface area contributed by atoms with Gasteiger partial charge in [-0.15, -0.1) is 24.8 Å². The minimum absolute atomic E-state index is 0. The number of halogens is 3. The van der Waals surface area contributed by atoms with Gasteiger partial charge < -0.3 is 5.73 Å². The van der Waals surface area contributed by atoms with Crippen LogP contribution in [0.1, 0.15) is 24.1 Å². The molecule has 24 heavy (non-hydrogen) atoms. The van der Waals surface area contributed by atoms with Gasteiger partial charge in [0.15, 0.2) is 0 Å². The number of fused-ring (bicyclic) bond motifs is 2. The molecule has 1 aromatic heterocycles. The zero-order valence-electron chi connectivity index (χ0n) is 13.7. The molecule has 0 bridgehead atoms. The van der Waals surface area contributed by atoms with Crippen molar-refractivity contribution in [3.8, 4) is 0 Å². The van der Waals surface area contributed by atoms with Crippen LogP contribution in [0.5, 0.6) is 0 Å². The summed E-state index contributed by atoms with van der Waals surface area (Å²) in [5.41, 5.74) is 9.42. The summed E-state index contributed by atoms with van der Waals surface area (Å²) in [7, 11) is 0. The highest BCUT2D eigenvalue weighted by Gasteiger charge is 2.40. The summed E-state index contributed by atoms with van der Waals surface area (Å²) >= 11 is 6.59. The molecule has 6 heteroatoms. The first-order chi connectivity index (χ1) is 10.6. The van der Waals surface area contributed by atoms with E-state index in [-0.39, 0.29) is 24.8 Å². The van der Waals surface area contributed by atoms with Gasteiger partial charge in [-0.1, -0.05) is 29.8 Å². The summed E-state index contributed by atoms with van der Waals surface area (Å²) in [5.74, 6) is 1.44. The lowest BCUT2D eigenvalue weighted by molar-refractivity contribution is 0.295. The van der Waals surface area contributed by atoms with Crippen LogP contribution < -0.4 is 5.73 Å². The Morgan fingerprint density at radius 2 is 1.96 bits per heavy atom. The molecule has 1 aliphatic carbocycles. The Labute approximate surface area is 160 Å². The minimum Gasteiger partial charge on any atom is -0.327 e. The standard InChI is InChI=1S/C18H22ClN3.2ClH/c1-11-13-4-2-3-5-16(13)21-17(18(11)19)10-22-8-12-6-7-15(20)14(12)9-22;;/h2-5,12,14-15H,6-10,20H2,1H3;2*1H. The van der Waals surface area contributed by atoms with E-state index in [1.807, 2.05) is 12.1 Å². The smallest absolute Gasteiger partial charge is 0.0740 e. The van der Waals surface area contributed by atoms with E-state index in [1.165, 1.54) is 12.8 Å². The first kappa shape index (κ1) is 19.7. The van der Waals surface area contributed by atoms with Crippen molar-refractivity contribution < 1.29 is 0 Å². The second-order valence-corrected chi connectivity index (χ2v) is 7.25. The van der Waals surface area contributed by atoms with Crippen LogP contribution in [0.3, 0.4) is 0 Å². The van der Waals surface area contributed by atoms with Gasteiger partial charge in [-0.05, 0) is 43.2 Å². The molecule has 1 saturated heterocycles. The predicted octanol–water partition coefficient (Wildman–Crippen LogP) is 4.21. The summed E-state index contributed by atoms with van der Waals surface area (Å²) < 4.78 is 0. The molecule has 3 nitrogen and oxygen atoms in total. The van der Waals surface area contributed by atoms with E-state index in [0.717, 1.165) is 52.7 Å². The van der Waals surface area contributed by atoms with Gasteiger partial charge in [-0.3, -0.25) is 4.90 Å². The topological polar surface area (TPSA) is 42.1 Å². The fourth-order valence-corrected chi connectivity index (χ4v) is 4.47. The van der Waals surface area contributed by atoms with Crippen LogP contribution in [0.15, 0.2) is 24.3 Å². The van der Waals surface area contributed by atoms with Crippen molar-refractivity contribution >= 4 is 47.3 Å². The van der Waals surface area contributed by atoms with Crippen LogP contribution in [0.4, 0.5) is 0 Å². The van der Waals surface area contributed by atoms with Crippen LogP contribution in [0.2, 0.25) is 5.02 Å². The minimum atomic E-state index is 0. The average molecular weight is 389 g/mol. The fraction of sp³-hybridized carbons (Fsp3) is 0.500. The van der Waals surface area contributed by atoms with E-state index in [4.69, 9.17) is 22.3 Å². The molecule has 2 aromatic rings. The summed E-state index contributed by atoms with van der Waals surface area (Å²) in [6.45, 7) is 5.16. The molecule has 0 radical (unpaired) electrons. The van der Waals surface area contributed by atoms with Crippen molar-refractivity contribution in [2.75, 3.05) is 13.1 Å². The number of hydrogen-bond donors (Lipinski definition) is 1. The van der Waals surface area contributed by atoms with Crippen LogP contribution in [0, 0.1) is 18.8 Å². The van der Waals surface area contributed by atoms with Crippen LogP contribution in [-0.2, 0) is 6.54 Å². The average Bonchev–Trinajstić information content (AvgIpc) is 3.07. The van der Waals surface area contributed by atoms with E-state index in [1.54, 1.807) is 0 Å². The third-order valence-corrected chi connectivity index (χ3v) is 6.01. The Morgan fingerprint density at radius 3 is 2.71 bits per heavy atom. The quantitative estimate of drug-likeness (QED) is 0.838. The zero-order chi connectivity index (χ0) is 15.3. The molecule has 2 N–H and O–H groups in total. The maximum Gasteiger partial charge on any atom is 0.0740 e. The molecule has 3 unspecified atom stereocenters. The van der Waals surface area contributed by atoms with Gasteiger partial charge in [0.1, 0.15) is 0 Å². The number of nitrogens with two attached hydrogens (primary N) is 1. The number of aryl methyl sites for hydroxylation is 1. The molecule has 1 saturated carbocycles. The highest BCUT2D eigenvalue weighted by atomic mass is 35.5. The molecule has 0 amide bonds. The Morgan fingerprint density at radius 1 is 1.21 bits per heavy atom. The van der Waals surface area contributed by atoms with Gasteiger partial charge in [0.2, 0.25) is 0 Å². The lowest BCUT2D eigenvalue weighted by Crippen LogP contribution is -2.30. The number of benzene rings is 1. The SMILES string of the molecule is Cc1c(Cl)c(CN2CC3CCC(N)C3C2)nc2ccccc12.Cl.Cl. The first-order valence-electron chi connectivity index (χ1n) is 8.15. The van der Waals surface area contributed by atoms with Gasteiger partial charge in [-0.2, -0.15) is 0 Å². The maximum absolute atomic E-state index is 6.59. The third kappa shape index (κ3) is 3.38. The first-order valence-corrected chi connectivity index (χ1v) is 8.53. The number of hydrogen-bond acceptors (Lipinski definition) is 3. The zero-order valence-corrected chi connectivity index (χ0v) is 16.1. The largest absolute Gasteiger partial charge is 0.327 e. The Bertz CT molecular complexity index is 722. The van der Waals surface area contributed by atoms with Crippen molar-refractivity contribution in [1.82, 2.24) is 9.88 Å². The van der Waals surface area contributed by atoms with Gasteiger partial charge in [0.25, 0.3) is 0 Å². The molecular formula is C18H24Cl3N3. The second kappa shape index (κ2) is 7.76. The van der Waals surface area contributed by atoms with Gasteiger partial charge in [0.05, 0.1) is 16.2 Å². The second-order valence-electron chi connectivity index (χ2n) is 6.87. The molecule has 4 rings (SSSR count). The van der Waals surface area contributed by atoms with Crippen molar-refractivity contribution in [2.24, 2.45) is 17.6 Å². The number of para-hydroxylation sites is 1. The molecule has 2 fully saturated rings. The van der Waals surface area contributed by atoms with E-state index in [0.29, 0.717) is 12.0 Å². The number of aromatic nitrogens is 1. The van der Waals surface area contributed by atoms with E-state index >= 15 is 0 Å².